The molecule has 9 heteroatoms. The zero-order valence-electron chi connectivity index (χ0n) is 18.2. The number of fused-ring (bicyclic) bond motifs is 1. The second-order valence-corrected chi connectivity index (χ2v) is 7.93. The molecule has 168 valence electrons. The van der Waals surface area contributed by atoms with E-state index in [0.29, 0.717) is 47.7 Å². The van der Waals surface area contributed by atoms with Crippen LogP contribution in [0.25, 0.3) is 33.9 Å². The fourth-order valence-corrected chi connectivity index (χ4v) is 3.64. The molecule has 0 saturated heterocycles. The van der Waals surface area contributed by atoms with Gasteiger partial charge in [-0.25, -0.2) is 4.98 Å². The molecule has 3 heterocycles. The first-order chi connectivity index (χ1) is 15.5. The Morgan fingerprint density at radius 3 is 2.72 bits per heavy atom. The number of aliphatic hydroxyl groups excluding tert-OH is 1. The topological polar surface area (TPSA) is 95.4 Å². The molecule has 1 unspecified atom stereocenters. The van der Waals surface area contributed by atoms with E-state index in [4.69, 9.17) is 25.5 Å². The summed E-state index contributed by atoms with van der Waals surface area (Å²) < 4.78 is 18.8. The molecule has 0 bridgehead atoms. The Labute approximate surface area is 190 Å². The Hall–Kier alpha value is -2.94. The van der Waals surface area contributed by atoms with Crippen molar-refractivity contribution < 1.29 is 19.0 Å². The van der Waals surface area contributed by atoms with Crippen LogP contribution in [0.3, 0.4) is 0 Å². The first kappa shape index (κ1) is 22.3. The fourth-order valence-electron chi connectivity index (χ4n) is 3.41. The summed E-state index contributed by atoms with van der Waals surface area (Å²) in [4.78, 5) is 4.48. The Balaban J connectivity index is 1.59. The van der Waals surface area contributed by atoms with Crippen molar-refractivity contribution in [1.82, 2.24) is 19.7 Å². The largest absolute Gasteiger partial charge is 0.489 e. The minimum Gasteiger partial charge on any atom is -0.489 e. The van der Waals surface area contributed by atoms with E-state index >= 15 is 0 Å². The molecular weight excluding hydrogens is 432 g/mol. The van der Waals surface area contributed by atoms with E-state index in [1.807, 2.05) is 49.7 Å². The number of benzene rings is 1. The number of hydrogen-bond acceptors (Lipinski definition) is 7. The number of pyridine rings is 1. The summed E-state index contributed by atoms with van der Waals surface area (Å²) in [7, 11) is 0. The van der Waals surface area contributed by atoms with E-state index in [1.165, 1.54) is 0 Å². The summed E-state index contributed by atoms with van der Waals surface area (Å²) in [5.41, 5.74) is 2.26. The maximum absolute atomic E-state index is 9.84. The van der Waals surface area contributed by atoms with Gasteiger partial charge in [0.25, 0.3) is 0 Å². The van der Waals surface area contributed by atoms with Crippen molar-refractivity contribution in [2.24, 2.45) is 0 Å². The van der Waals surface area contributed by atoms with Crippen LogP contribution in [0.4, 0.5) is 0 Å². The van der Waals surface area contributed by atoms with Gasteiger partial charge in [-0.3, -0.25) is 0 Å². The maximum atomic E-state index is 9.84. The van der Waals surface area contributed by atoms with Gasteiger partial charge in [0.2, 0.25) is 11.8 Å². The predicted octanol–water partition coefficient (Wildman–Crippen LogP) is 4.94. The molecular formula is C23H25ClN4O4. The lowest BCUT2D eigenvalue weighted by molar-refractivity contribution is -0.100. The molecule has 1 N–H and O–H groups in total. The zero-order chi connectivity index (χ0) is 22.7. The molecule has 0 aliphatic heterocycles. The highest BCUT2D eigenvalue weighted by Crippen LogP contribution is 2.33. The minimum atomic E-state index is -0.803. The van der Waals surface area contributed by atoms with E-state index in [2.05, 4.69) is 15.2 Å². The molecule has 4 rings (SSSR count). The average Bonchev–Trinajstić information content (AvgIpc) is 3.41. The van der Waals surface area contributed by atoms with Crippen molar-refractivity contribution in [3.63, 3.8) is 0 Å². The molecule has 32 heavy (non-hydrogen) atoms. The molecule has 0 fully saturated rings. The molecule has 0 aliphatic rings. The van der Waals surface area contributed by atoms with Crippen LogP contribution in [0, 0.1) is 0 Å². The van der Waals surface area contributed by atoms with Gasteiger partial charge in [-0.1, -0.05) is 11.6 Å². The van der Waals surface area contributed by atoms with Crippen molar-refractivity contribution in [2.75, 3.05) is 6.61 Å². The summed E-state index contributed by atoms with van der Waals surface area (Å²) in [6, 6.07) is 9.17. The molecule has 0 saturated carbocycles. The summed E-state index contributed by atoms with van der Waals surface area (Å²) in [5.74, 6) is 1.36. The first-order valence-corrected chi connectivity index (χ1v) is 10.9. The zero-order valence-corrected chi connectivity index (χ0v) is 18.9. The summed E-state index contributed by atoms with van der Waals surface area (Å²) in [5, 5.41) is 19.6. The monoisotopic (exact) mass is 456 g/mol. The SMILES string of the molecule is CCOC(O)CCn1ccc2c(-c3nnc(-c4ccc(OC(C)C)c(Cl)c4)o3)ccnc21. The van der Waals surface area contributed by atoms with Crippen LogP contribution in [0.15, 0.2) is 47.1 Å². The van der Waals surface area contributed by atoms with Gasteiger partial charge in [0.15, 0.2) is 6.29 Å². The van der Waals surface area contributed by atoms with Gasteiger partial charge in [-0.15, -0.1) is 10.2 Å². The van der Waals surface area contributed by atoms with Crippen LogP contribution >= 0.6 is 11.6 Å². The van der Waals surface area contributed by atoms with Gasteiger partial charge >= 0.3 is 0 Å². The normalized spacial score (nSPS) is 12.6. The quantitative estimate of drug-likeness (QED) is 0.356. The Bertz CT molecular complexity index is 1200. The number of aryl methyl sites for hydroxylation is 1. The van der Waals surface area contributed by atoms with Crippen molar-refractivity contribution in [3.8, 4) is 28.7 Å². The van der Waals surface area contributed by atoms with E-state index in [9.17, 15) is 5.11 Å². The molecule has 0 spiro atoms. The lowest BCUT2D eigenvalue weighted by Crippen LogP contribution is -2.14. The minimum absolute atomic E-state index is 0.0252. The van der Waals surface area contributed by atoms with Crippen LogP contribution < -0.4 is 4.74 Å². The van der Waals surface area contributed by atoms with Crippen LogP contribution in [-0.2, 0) is 11.3 Å². The van der Waals surface area contributed by atoms with Crippen LogP contribution in [-0.4, -0.2) is 43.9 Å². The molecule has 1 atom stereocenters. The average molecular weight is 457 g/mol. The lowest BCUT2D eigenvalue weighted by Gasteiger charge is -2.11. The maximum Gasteiger partial charge on any atom is 0.248 e. The lowest BCUT2D eigenvalue weighted by atomic mass is 10.2. The van der Waals surface area contributed by atoms with Crippen molar-refractivity contribution in [3.05, 3.63) is 47.7 Å². The summed E-state index contributed by atoms with van der Waals surface area (Å²) >= 11 is 6.35. The summed E-state index contributed by atoms with van der Waals surface area (Å²) in [6.07, 6.45) is 3.31. The molecule has 0 radical (unpaired) electrons. The number of halogens is 1. The van der Waals surface area contributed by atoms with Crippen LogP contribution in [0.1, 0.15) is 27.2 Å². The number of hydrogen-bond donors (Lipinski definition) is 1. The highest BCUT2D eigenvalue weighted by molar-refractivity contribution is 6.32. The number of aliphatic hydroxyl groups is 1. The third kappa shape index (κ3) is 4.77. The number of ether oxygens (including phenoxy) is 2. The standard InChI is InChI=1S/C23H25ClN4O4/c1-4-30-20(29)9-12-28-11-8-16-17(7-10-25-21(16)28)23-27-26-22(32-23)15-5-6-19(18(24)13-15)31-14(2)3/h5-8,10-11,13-14,20,29H,4,9,12H2,1-3H3. The highest BCUT2D eigenvalue weighted by atomic mass is 35.5. The van der Waals surface area contributed by atoms with E-state index < -0.39 is 6.29 Å². The second-order valence-electron chi connectivity index (χ2n) is 7.53. The van der Waals surface area contributed by atoms with Gasteiger partial charge in [-0.2, -0.15) is 0 Å². The van der Waals surface area contributed by atoms with Crippen molar-refractivity contribution >= 4 is 22.6 Å². The number of rotatable bonds is 9. The molecule has 8 nitrogen and oxygen atoms in total. The van der Waals surface area contributed by atoms with Gasteiger partial charge in [-0.05, 0) is 51.1 Å². The Morgan fingerprint density at radius 1 is 1.16 bits per heavy atom. The third-order valence-corrected chi connectivity index (χ3v) is 5.13. The third-order valence-electron chi connectivity index (χ3n) is 4.84. The van der Waals surface area contributed by atoms with Crippen LogP contribution in [0.5, 0.6) is 5.75 Å². The van der Waals surface area contributed by atoms with Gasteiger partial charge in [0, 0.05) is 42.9 Å². The van der Waals surface area contributed by atoms with E-state index in [1.54, 1.807) is 18.3 Å². The smallest absolute Gasteiger partial charge is 0.248 e. The van der Waals surface area contributed by atoms with Gasteiger partial charge in [0.05, 0.1) is 16.7 Å². The van der Waals surface area contributed by atoms with Gasteiger partial charge < -0.3 is 23.6 Å². The fraction of sp³-hybridized carbons (Fsp3) is 0.348. The van der Waals surface area contributed by atoms with E-state index in [0.717, 1.165) is 16.6 Å². The van der Waals surface area contributed by atoms with E-state index in [-0.39, 0.29) is 6.10 Å². The predicted molar refractivity (Wildman–Crippen MR) is 121 cm³/mol. The van der Waals surface area contributed by atoms with Crippen LogP contribution in [0.2, 0.25) is 5.02 Å². The molecule has 0 aliphatic carbocycles. The number of nitrogens with zero attached hydrogens (tertiary/aromatic N) is 4. The molecule has 1 aromatic carbocycles. The Morgan fingerprint density at radius 2 is 1.97 bits per heavy atom. The number of aromatic nitrogens is 4. The molecule has 3 aromatic heterocycles. The molecule has 4 aromatic rings. The second kappa shape index (κ2) is 9.68. The van der Waals surface area contributed by atoms with Gasteiger partial charge in [0.1, 0.15) is 11.4 Å². The van der Waals surface area contributed by atoms with Crippen molar-refractivity contribution in [2.45, 2.75) is 46.1 Å². The first-order valence-electron chi connectivity index (χ1n) is 10.5. The summed E-state index contributed by atoms with van der Waals surface area (Å²) in [6.45, 7) is 6.77. The molecule has 0 amide bonds. The highest BCUT2D eigenvalue weighted by Gasteiger charge is 2.17. The Kier molecular flexibility index (Phi) is 6.74. The van der Waals surface area contributed by atoms with Crippen molar-refractivity contribution in [1.29, 1.82) is 0 Å².